The highest BCUT2D eigenvalue weighted by molar-refractivity contribution is 7.86. The number of nitrogens with one attached hydrogen (secondary N) is 1. The van der Waals surface area contributed by atoms with Gasteiger partial charge in [0, 0.05) is 44.3 Å². The van der Waals surface area contributed by atoms with Crippen LogP contribution in [0.1, 0.15) is 12.5 Å². The normalized spacial score (nSPS) is 17.6. The molecule has 112 valence electrons. The average molecular weight is 318 g/mol. The largest absolute Gasteiger partial charge is 0.314 e. The predicted octanol–water partition coefficient (Wildman–Crippen LogP) is 1.31. The van der Waals surface area contributed by atoms with Crippen molar-refractivity contribution < 1.29 is 8.42 Å². The molecule has 1 heterocycles. The third kappa shape index (κ3) is 3.71. The molecule has 0 aliphatic carbocycles. The van der Waals surface area contributed by atoms with E-state index in [9.17, 15) is 8.42 Å². The fraction of sp³-hybridized carbons (Fsp3) is 0.538. The zero-order valence-corrected chi connectivity index (χ0v) is 13.1. The van der Waals surface area contributed by atoms with Crippen molar-refractivity contribution in [2.24, 2.45) is 0 Å². The van der Waals surface area contributed by atoms with Crippen LogP contribution in [0, 0.1) is 0 Å². The quantitative estimate of drug-likeness (QED) is 0.891. The Labute approximate surface area is 125 Å². The number of hydrogen-bond donors (Lipinski definition) is 1. The Morgan fingerprint density at radius 1 is 1.35 bits per heavy atom. The molecule has 1 aliphatic rings. The first-order chi connectivity index (χ1) is 9.54. The van der Waals surface area contributed by atoms with E-state index in [0.29, 0.717) is 44.3 Å². The van der Waals surface area contributed by atoms with Crippen LogP contribution in [0.5, 0.6) is 0 Å². The van der Waals surface area contributed by atoms with Gasteiger partial charge in [0.25, 0.3) is 10.2 Å². The van der Waals surface area contributed by atoms with E-state index in [1.165, 1.54) is 8.61 Å². The van der Waals surface area contributed by atoms with Crippen molar-refractivity contribution in [2.45, 2.75) is 13.5 Å². The van der Waals surface area contributed by atoms with E-state index in [1.54, 1.807) is 12.1 Å². The van der Waals surface area contributed by atoms with Crippen LogP contribution in [-0.2, 0) is 16.8 Å². The van der Waals surface area contributed by atoms with Gasteiger partial charge in [-0.1, -0.05) is 30.7 Å². The Hall–Kier alpha value is -0.660. The Bertz CT molecular complexity index is 544. The van der Waals surface area contributed by atoms with Gasteiger partial charge in [0.05, 0.1) is 0 Å². The summed E-state index contributed by atoms with van der Waals surface area (Å²) in [5.41, 5.74) is 0.901. The van der Waals surface area contributed by atoms with Crippen LogP contribution in [0.4, 0.5) is 0 Å². The molecule has 1 saturated heterocycles. The molecule has 0 spiro atoms. The van der Waals surface area contributed by atoms with Gasteiger partial charge in [0.1, 0.15) is 0 Å². The van der Waals surface area contributed by atoms with Crippen LogP contribution < -0.4 is 5.32 Å². The standard InChI is InChI=1S/C13H20ClN3O2S/c1-2-16(11-12-4-3-5-13(14)10-12)20(18,19)17-8-6-15-7-9-17/h3-5,10,15H,2,6-9,11H2,1H3. The summed E-state index contributed by atoms with van der Waals surface area (Å²) in [4.78, 5) is 0. The van der Waals surface area contributed by atoms with Crippen LogP contribution in [-0.4, -0.2) is 49.8 Å². The summed E-state index contributed by atoms with van der Waals surface area (Å²) in [5, 5.41) is 3.78. The SMILES string of the molecule is CCN(Cc1cccc(Cl)c1)S(=O)(=O)N1CCNCC1. The van der Waals surface area contributed by atoms with Crippen LogP contribution in [0.25, 0.3) is 0 Å². The highest BCUT2D eigenvalue weighted by Crippen LogP contribution is 2.16. The first-order valence-electron chi connectivity index (χ1n) is 6.74. The summed E-state index contributed by atoms with van der Waals surface area (Å²) in [7, 11) is -3.40. The van der Waals surface area contributed by atoms with Crippen molar-refractivity contribution in [3.8, 4) is 0 Å². The third-order valence-corrected chi connectivity index (χ3v) is 5.62. The molecule has 1 aromatic rings. The minimum Gasteiger partial charge on any atom is -0.314 e. The maximum atomic E-state index is 12.6. The molecule has 1 N–H and O–H groups in total. The number of rotatable bonds is 5. The molecular formula is C13H20ClN3O2S. The summed E-state index contributed by atoms with van der Waals surface area (Å²) < 4.78 is 28.2. The van der Waals surface area contributed by atoms with Crippen LogP contribution >= 0.6 is 11.6 Å². The molecule has 2 rings (SSSR count). The van der Waals surface area contributed by atoms with Gasteiger partial charge in [-0.3, -0.25) is 0 Å². The van der Waals surface area contributed by atoms with Crippen molar-refractivity contribution in [2.75, 3.05) is 32.7 Å². The minimum absolute atomic E-state index is 0.351. The molecule has 0 amide bonds. The van der Waals surface area contributed by atoms with E-state index >= 15 is 0 Å². The van der Waals surface area contributed by atoms with Gasteiger partial charge in [-0.2, -0.15) is 17.0 Å². The summed E-state index contributed by atoms with van der Waals surface area (Å²) >= 11 is 5.95. The molecule has 1 aromatic carbocycles. The first-order valence-corrected chi connectivity index (χ1v) is 8.52. The molecule has 0 unspecified atom stereocenters. The topological polar surface area (TPSA) is 52.7 Å². The molecule has 0 atom stereocenters. The van der Waals surface area contributed by atoms with Gasteiger partial charge < -0.3 is 5.32 Å². The molecule has 20 heavy (non-hydrogen) atoms. The van der Waals surface area contributed by atoms with Crippen molar-refractivity contribution >= 4 is 21.8 Å². The number of benzene rings is 1. The highest BCUT2D eigenvalue weighted by Gasteiger charge is 2.29. The summed E-state index contributed by atoms with van der Waals surface area (Å²) in [6.07, 6.45) is 0. The zero-order chi connectivity index (χ0) is 14.6. The Morgan fingerprint density at radius 3 is 2.65 bits per heavy atom. The second-order valence-electron chi connectivity index (χ2n) is 4.71. The van der Waals surface area contributed by atoms with Crippen molar-refractivity contribution in [3.05, 3.63) is 34.9 Å². The molecule has 0 radical (unpaired) electrons. The number of hydrogen-bond acceptors (Lipinski definition) is 3. The molecule has 0 saturated carbocycles. The molecule has 7 heteroatoms. The first kappa shape index (κ1) is 15.7. The number of piperazine rings is 1. The van der Waals surface area contributed by atoms with Crippen molar-refractivity contribution in [3.63, 3.8) is 0 Å². The van der Waals surface area contributed by atoms with Crippen LogP contribution in [0.3, 0.4) is 0 Å². The minimum atomic E-state index is -3.40. The second kappa shape index (κ2) is 6.87. The van der Waals surface area contributed by atoms with E-state index in [2.05, 4.69) is 5.32 Å². The second-order valence-corrected chi connectivity index (χ2v) is 7.08. The molecule has 0 bridgehead atoms. The molecule has 1 aliphatic heterocycles. The van der Waals surface area contributed by atoms with Gasteiger partial charge >= 0.3 is 0 Å². The third-order valence-electron chi connectivity index (χ3n) is 3.33. The fourth-order valence-electron chi connectivity index (χ4n) is 2.23. The van der Waals surface area contributed by atoms with Gasteiger partial charge in [0.15, 0.2) is 0 Å². The summed E-state index contributed by atoms with van der Waals surface area (Å²) in [6.45, 7) is 5.09. The van der Waals surface area contributed by atoms with Crippen LogP contribution in [0.2, 0.25) is 5.02 Å². The maximum absolute atomic E-state index is 12.6. The van der Waals surface area contributed by atoms with E-state index in [4.69, 9.17) is 11.6 Å². The lowest BCUT2D eigenvalue weighted by atomic mass is 10.2. The highest BCUT2D eigenvalue weighted by atomic mass is 35.5. The molecular weight excluding hydrogens is 298 g/mol. The van der Waals surface area contributed by atoms with E-state index in [-0.39, 0.29) is 0 Å². The zero-order valence-electron chi connectivity index (χ0n) is 11.5. The van der Waals surface area contributed by atoms with Crippen molar-refractivity contribution in [1.29, 1.82) is 0 Å². The Kier molecular flexibility index (Phi) is 5.40. The van der Waals surface area contributed by atoms with E-state index < -0.39 is 10.2 Å². The maximum Gasteiger partial charge on any atom is 0.282 e. The molecule has 5 nitrogen and oxygen atoms in total. The Balaban J connectivity index is 2.14. The predicted molar refractivity (Wildman–Crippen MR) is 80.9 cm³/mol. The van der Waals surface area contributed by atoms with Gasteiger partial charge in [-0.25, -0.2) is 0 Å². The lowest BCUT2D eigenvalue weighted by Gasteiger charge is -2.32. The van der Waals surface area contributed by atoms with Crippen LogP contribution in [0.15, 0.2) is 24.3 Å². The summed E-state index contributed by atoms with van der Waals surface area (Å²) in [5.74, 6) is 0. The van der Waals surface area contributed by atoms with Crippen molar-refractivity contribution in [1.82, 2.24) is 13.9 Å². The fourth-order valence-corrected chi connectivity index (χ4v) is 4.06. The average Bonchev–Trinajstić information content (AvgIpc) is 2.45. The number of halogens is 1. The number of nitrogens with zero attached hydrogens (tertiary/aromatic N) is 2. The van der Waals surface area contributed by atoms with E-state index in [1.807, 2.05) is 19.1 Å². The van der Waals surface area contributed by atoms with Gasteiger partial charge in [-0.15, -0.1) is 0 Å². The Morgan fingerprint density at radius 2 is 2.05 bits per heavy atom. The van der Waals surface area contributed by atoms with Gasteiger partial charge in [-0.05, 0) is 17.7 Å². The lowest BCUT2D eigenvalue weighted by Crippen LogP contribution is -2.51. The monoisotopic (exact) mass is 317 g/mol. The lowest BCUT2D eigenvalue weighted by molar-refractivity contribution is 0.312. The van der Waals surface area contributed by atoms with Gasteiger partial charge in [0.2, 0.25) is 0 Å². The van der Waals surface area contributed by atoms with E-state index in [0.717, 1.165) is 5.56 Å². The molecule has 1 fully saturated rings. The smallest absolute Gasteiger partial charge is 0.282 e. The molecule has 0 aromatic heterocycles. The summed E-state index contributed by atoms with van der Waals surface area (Å²) in [6, 6.07) is 7.31.